The molecule has 0 unspecified atom stereocenters. The summed E-state index contributed by atoms with van der Waals surface area (Å²) in [6.45, 7) is 19.3. The number of hydrogen-bond donors (Lipinski definition) is 3. The monoisotopic (exact) mass is 582 g/mol. The fourth-order valence-electron chi connectivity index (χ4n) is 4.78. The number of rotatable bonds is 11. The number of carbonyl (C=O) groups excluding carboxylic acids is 2. The Morgan fingerprint density at radius 2 is 1.37 bits per heavy atom. The van der Waals surface area contributed by atoms with Gasteiger partial charge >= 0.3 is 6.09 Å². The van der Waals surface area contributed by atoms with Crippen molar-refractivity contribution in [3.8, 4) is 0 Å². The fraction of sp³-hybridized carbons (Fsp3) is 0.515. The lowest BCUT2D eigenvalue weighted by molar-refractivity contribution is -0.129. The Bertz CT molecular complexity index is 1140. The molecule has 0 saturated heterocycles. The summed E-state index contributed by atoms with van der Waals surface area (Å²) < 4.78 is 12.5. The zero-order valence-electron chi connectivity index (χ0n) is 26.6. The number of allylic oxidation sites excluding steroid dienone is 1. The smallest absolute Gasteiger partial charge is 0.408 e. The summed E-state index contributed by atoms with van der Waals surface area (Å²) in [6.07, 6.45) is 0.159. The normalized spacial score (nSPS) is 15.3. The molecule has 226 valence electrons. The molecule has 41 heavy (non-hydrogen) atoms. The summed E-state index contributed by atoms with van der Waals surface area (Å²) in [5.41, 5.74) is -0.696. The topological polar surface area (TPSA) is 96.9 Å². The molecule has 8 heteroatoms. The van der Waals surface area contributed by atoms with Crippen molar-refractivity contribution in [2.24, 2.45) is 0 Å². The minimum atomic E-state index is -2.87. The van der Waals surface area contributed by atoms with Crippen molar-refractivity contribution in [2.75, 3.05) is 6.61 Å². The second-order valence-corrected chi connectivity index (χ2v) is 17.1. The van der Waals surface area contributed by atoms with Gasteiger partial charge in [0.2, 0.25) is 5.91 Å². The van der Waals surface area contributed by atoms with Crippen LogP contribution in [0.2, 0.25) is 5.04 Å². The molecule has 0 radical (unpaired) electrons. The zero-order chi connectivity index (χ0) is 31.1. The van der Waals surface area contributed by atoms with Crippen LogP contribution in [0.5, 0.6) is 0 Å². The van der Waals surface area contributed by atoms with E-state index in [1.807, 2.05) is 50.2 Å². The first kappa shape index (κ1) is 34.3. The lowest BCUT2D eigenvalue weighted by atomic mass is 9.92. The van der Waals surface area contributed by atoms with Gasteiger partial charge in [-0.15, -0.1) is 0 Å². The van der Waals surface area contributed by atoms with Crippen molar-refractivity contribution >= 4 is 30.7 Å². The molecule has 2 atom stereocenters. The van der Waals surface area contributed by atoms with Crippen LogP contribution >= 0.6 is 0 Å². The van der Waals surface area contributed by atoms with Crippen LogP contribution in [0, 0.1) is 0 Å². The van der Waals surface area contributed by atoms with Crippen molar-refractivity contribution in [1.82, 2.24) is 10.6 Å². The molecule has 0 aliphatic rings. The summed E-state index contributed by atoms with van der Waals surface area (Å²) in [6, 6.07) is 19.4. The van der Waals surface area contributed by atoms with Gasteiger partial charge < -0.3 is 24.9 Å². The molecule has 0 aromatic heterocycles. The molecule has 0 bridgehead atoms. The molecule has 2 rings (SSSR count). The summed E-state index contributed by atoms with van der Waals surface area (Å²) in [5, 5.41) is 18.7. The molecule has 2 aromatic carbocycles. The summed E-state index contributed by atoms with van der Waals surface area (Å²) in [7, 11) is -2.87. The first-order valence-electron chi connectivity index (χ1n) is 14.4. The van der Waals surface area contributed by atoms with E-state index in [1.54, 1.807) is 27.7 Å². The van der Waals surface area contributed by atoms with E-state index in [9.17, 15) is 14.7 Å². The van der Waals surface area contributed by atoms with E-state index >= 15 is 0 Å². The minimum absolute atomic E-state index is 0.159. The van der Waals surface area contributed by atoms with Crippen molar-refractivity contribution in [3.05, 3.63) is 71.9 Å². The number of aliphatic hydroxyl groups is 1. The SMILES string of the molecule is CC/C(C)=C(/CO[Si](c1ccccc1)(c1ccccc1)C(C)(C)C)NC(=O)[C@@H](NC(=O)OC(C)(C)C)[C@](C)(O)CC. The number of benzene rings is 2. The molecule has 0 spiro atoms. The standard InChI is InChI=1S/C33H50N2O5Si/c1-11-24(3)27(34-29(36)28(33(10,38)12-2)35-30(37)40-31(4,5)6)23-39-41(32(7,8)9,25-19-15-13-16-20-25)26-21-17-14-18-22-26/h13-22,28,38H,11-12,23H2,1-10H3,(H,34,36)(H,35,37)/b27-24-/t28-,33-/m1/s1. The Kier molecular flexibility index (Phi) is 11.5. The van der Waals surface area contributed by atoms with Gasteiger partial charge in [0.05, 0.1) is 12.2 Å². The number of hydrogen-bond acceptors (Lipinski definition) is 5. The van der Waals surface area contributed by atoms with E-state index in [0.717, 1.165) is 15.9 Å². The maximum Gasteiger partial charge on any atom is 0.408 e. The maximum absolute atomic E-state index is 13.7. The molecule has 0 aliphatic carbocycles. The maximum atomic E-state index is 13.7. The van der Waals surface area contributed by atoms with Gasteiger partial charge in [-0.1, -0.05) is 101 Å². The molecule has 2 aromatic rings. The Balaban J connectivity index is 2.50. The van der Waals surface area contributed by atoms with Crippen LogP contribution in [0.4, 0.5) is 4.79 Å². The van der Waals surface area contributed by atoms with Gasteiger partial charge in [0.1, 0.15) is 11.6 Å². The lowest BCUT2D eigenvalue weighted by Gasteiger charge is -2.43. The average molecular weight is 583 g/mol. The van der Waals surface area contributed by atoms with E-state index in [-0.39, 0.29) is 18.1 Å². The van der Waals surface area contributed by atoms with E-state index in [4.69, 9.17) is 9.16 Å². The van der Waals surface area contributed by atoms with Crippen LogP contribution in [0.3, 0.4) is 0 Å². The van der Waals surface area contributed by atoms with Crippen LogP contribution < -0.4 is 21.0 Å². The third-order valence-electron chi connectivity index (χ3n) is 7.43. The molecule has 0 heterocycles. The number of carbonyl (C=O) groups is 2. The van der Waals surface area contributed by atoms with Gasteiger partial charge in [-0.2, -0.15) is 0 Å². The van der Waals surface area contributed by atoms with Crippen LogP contribution in [0.1, 0.15) is 82.1 Å². The zero-order valence-corrected chi connectivity index (χ0v) is 27.6. The number of amides is 2. The third kappa shape index (κ3) is 8.77. The van der Waals surface area contributed by atoms with E-state index in [0.29, 0.717) is 12.1 Å². The summed E-state index contributed by atoms with van der Waals surface area (Å²) in [4.78, 5) is 26.4. The van der Waals surface area contributed by atoms with Crippen molar-refractivity contribution in [1.29, 1.82) is 0 Å². The summed E-state index contributed by atoms with van der Waals surface area (Å²) >= 11 is 0. The van der Waals surface area contributed by atoms with Crippen LogP contribution in [-0.2, 0) is 14.0 Å². The van der Waals surface area contributed by atoms with E-state index in [2.05, 4.69) is 55.7 Å². The van der Waals surface area contributed by atoms with Gasteiger partial charge in [0.15, 0.2) is 0 Å². The highest BCUT2D eigenvalue weighted by atomic mass is 28.4. The molecular weight excluding hydrogens is 532 g/mol. The Morgan fingerprint density at radius 3 is 1.76 bits per heavy atom. The first-order valence-corrected chi connectivity index (χ1v) is 16.4. The minimum Gasteiger partial charge on any atom is -0.444 e. The van der Waals surface area contributed by atoms with Gasteiger partial charge in [0.25, 0.3) is 8.32 Å². The number of alkyl carbamates (subject to hydrolysis) is 1. The average Bonchev–Trinajstić information content (AvgIpc) is 2.90. The Hall–Kier alpha value is -2.94. The third-order valence-corrected chi connectivity index (χ3v) is 12.4. The molecule has 2 amide bonds. The van der Waals surface area contributed by atoms with Gasteiger partial charge in [0, 0.05) is 5.70 Å². The molecule has 0 saturated carbocycles. The van der Waals surface area contributed by atoms with Gasteiger partial charge in [-0.3, -0.25) is 4.79 Å². The molecular formula is C33H50N2O5Si. The van der Waals surface area contributed by atoms with Gasteiger partial charge in [-0.05, 0) is 62.9 Å². The lowest BCUT2D eigenvalue weighted by Crippen LogP contribution is -2.67. The Labute approximate surface area is 247 Å². The predicted octanol–water partition coefficient (Wildman–Crippen LogP) is 5.42. The first-order chi connectivity index (χ1) is 19.0. The Morgan fingerprint density at radius 1 is 0.878 bits per heavy atom. The van der Waals surface area contributed by atoms with Crippen molar-refractivity contribution in [3.63, 3.8) is 0 Å². The van der Waals surface area contributed by atoms with Gasteiger partial charge in [-0.25, -0.2) is 4.79 Å². The van der Waals surface area contributed by atoms with Crippen LogP contribution in [0.25, 0.3) is 0 Å². The molecule has 7 nitrogen and oxygen atoms in total. The quantitative estimate of drug-likeness (QED) is 0.308. The highest BCUT2D eigenvalue weighted by molar-refractivity contribution is 6.99. The van der Waals surface area contributed by atoms with Crippen LogP contribution in [-0.4, -0.2) is 49.3 Å². The molecule has 0 fully saturated rings. The predicted molar refractivity (Wildman–Crippen MR) is 169 cm³/mol. The van der Waals surface area contributed by atoms with Crippen molar-refractivity contribution < 1.29 is 23.9 Å². The largest absolute Gasteiger partial charge is 0.444 e. The molecule has 3 N–H and O–H groups in total. The van der Waals surface area contributed by atoms with Crippen molar-refractivity contribution in [2.45, 2.75) is 104 Å². The highest BCUT2D eigenvalue weighted by Crippen LogP contribution is 2.37. The second-order valence-electron chi connectivity index (χ2n) is 12.8. The second kappa shape index (κ2) is 13.8. The van der Waals surface area contributed by atoms with Crippen LogP contribution in [0.15, 0.2) is 71.9 Å². The number of nitrogens with one attached hydrogen (secondary N) is 2. The summed E-state index contributed by atoms with van der Waals surface area (Å²) in [5.74, 6) is -0.531. The van der Waals surface area contributed by atoms with E-state index in [1.165, 1.54) is 6.92 Å². The fourth-order valence-corrected chi connectivity index (χ4v) is 9.29. The molecule has 0 aliphatic heterocycles. The number of ether oxygens (including phenoxy) is 1. The highest BCUT2D eigenvalue weighted by Gasteiger charge is 2.50. The van der Waals surface area contributed by atoms with E-state index < -0.39 is 37.6 Å².